The van der Waals surface area contributed by atoms with Crippen LogP contribution in [0.3, 0.4) is 0 Å². The molecule has 0 radical (unpaired) electrons. The van der Waals surface area contributed by atoms with Crippen molar-refractivity contribution in [3.8, 4) is 0 Å². The summed E-state index contributed by atoms with van der Waals surface area (Å²) in [6.07, 6.45) is 3.16. The molecule has 154 valence electrons. The Morgan fingerprint density at radius 3 is 2.66 bits per heavy atom. The summed E-state index contributed by atoms with van der Waals surface area (Å²) in [5.41, 5.74) is 7.42. The van der Waals surface area contributed by atoms with Crippen LogP contribution in [0.25, 0.3) is 10.2 Å². The molecule has 3 aromatic rings. The van der Waals surface area contributed by atoms with E-state index in [1.807, 2.05) is 6.07 Å². The molecular formula is C20H22ClN3O3S2. The van der Waals surface area contributed by atoms with Gasteiger partial charge in [0.25, 0.3) is 0 Å². The van der Waals surface area contributed by atoms with Crippen LogP contribution < -0.4 is 10.9 Å². The molecule has 0 aliphatic heterocycles. The van der Waals surface area contributed by atoms with Crippen molar-refractivity contribution in [2.75, 3.05) is 11.2 Å². The second-order valence-corrected chi connectivity index (χ2v) is 10.2. The Morgan fingerprint density at radius 1 is 1.17 bits per heavy atom. The number of thiazole rings is 1. The molecule has 0 saturated heterocycles. The average molecular weight is 452 g/mol. The van der Waals surface area contributed by atoms with E-state index in [0.29, 0.717) is 10.2 Å². The largest absolute Gasteiger partial charge is 0.273 e. The molecule has 0 bridgehead atoms. The van der Waals surface area contributed by atoms with Gasteiger partial charge < -0.3 is 0 Å². The van der Waals surface area contributed by atoms with Gasteiger partial charge in [-0.3, -0.25) is 15.6 Å². The monoisotopic (exact) mass is 451 g/mol. The Hall–Kier alpha value is -2.16. The number of carbonyl (C=O) groups excluding carboxylic acids is 1. The van der Waals surface area contributed by atoms with Crippen LogP contribution in [-0.2, 0) is 21.1 Å². The first-order valence-electron chi connectivity index (χ1n) is 9.30. The number of hydrazine groups is 1. The highest BCUT2D eigenvalue weighted by atomic mass is 35.5. The SMILES string of the molecule is CCCCc1ccc2nc(NNC(=O)CCS(=O)(=O)c3ccc(Cl)cc3)sc2c1. The smallest absolute Gasteiger partial charge is 0.239 e. The van der Waals surface area contributed by atoms with Crippen molar-refractivity contribution < 1.29 is 13.2 Å². The van der Waals surface area contributed by atoms with E-state index < -0.39 is 15.7 Å². The zero-order valence-corrected chi connectivity index (χ0v) is 18.3. The highest BCUT2D eigenvalue weighted by Gasteiger charge is 2.16. The molecule has 29 heavy (non-hydrogen) atoms. The second-order valence-electron chi connectivity index (χ2n) is 6.62. The maximum Gasteiger partial charge on any atom is 0.239 e. The van der Waals surface area contributed by atoms with E-state index in [1.54, 1.807) is 0 Å². The van der Waals surface area contributed by atoms with Crippen molar-refractivity contribution in [2.45, 2.75) is 37.5 Å². The summed E-state index contributed by atoms with van der Waals surface area (Å²) in [5.74, 6) is -0.714. The van der Waals surface area contributed by atoms with Gasteiger partial charge in [-0.2, -0.15) is 0 Å². The van der Waals surface area contributed by atoms with Crippen LogP contribution >= 0.6 is 22.9 Å². The maximum absolute atomic E-state index is 12.3. The summed E-state index contributed by atoms with van der Waals surface area (Å²) in [4.78, 5) is 16.6. The number of hydrogen-bond donors (Lipinski definition) is 2. The molecule has 9 heteroatoms. The zero-order chi connectivity index (χ0) is 20.9. The van der Waals surface area contributed by atoms with Crippen molar-refractivity contribution in [3.63, 3.8) is 0 Å². The number of aromatic nitrogens is 1. The van der Waals surface area contributed by atoms with E-state index >= 15 is 0 Å². The Balaban J connectivity index is 1.54. The summed E-state index contributed by atoms with van der Waals surface area (Å²) in [6, 6.07) is 12.1. The third kappa shape index (κ3) is 5.91. The number of sulfone groups is 1. The number of anilines is 1. The number of benzene rings is 2. The first-order chi connectivity index (χ1) is 13.9. The lowest BCUT2D eigenvalue weighted by Crippen LogP contribution is -2.30. The molecule has 1 amide bonds. The first kappa shape index (κ1) is 21.5. The van der Waals surface area contributed by atoms with Crippen LogP contribution in [0.4, 0.5) is 5.13 Å². The molecule has 0 fully saturated rings. The highest BCUT2D eigenvalue weighted by molar-refractivity contribution is 7.91. The van der Waals surface area contributed by atoms with Gasteiger partial charge in [0.1, 0.15) is 0 Å². The number of aryl methyl sites for hydroxylation is 1. The molecule has 0 atom stereocenters. The normalized spacial score (nSPS) is 11.5. The summed E-state index contributed by atoms with van der Waals surface area (Å²) < 4.78 is 25.6. The topological polar surface area (TPSA) is 88.2 Å². The van der Waals surface area contributed by atoms with Crippen molar-refractivity contribution in [2.24, 2.45) is 0 Å². The third-order valence-corrected chi connectivity index (χ3v) is 7.27. The molecule has 0 aliphatic carbocycles. The lowest BCUT2D eigenvalue weighted by Gasteiger charge is -2.06. The van der Waals surface area contributed by atoms with E-state index in [1.165, 1.54) is 41.2 Å². The molecule has 2 N–H and O–H groups in total. The van der Waals surface area contributed by atoms with Crippen molar-refractivity contribution in [1.29, 1.82) is 0 Å². The third-order valence-electron chi connectivity index (χ3n) is 4.35. The summed E-state index contributed by atoms with van der Waals surface area (Å²) in [5, 5.41) is 1.01. The molecule has 3 rings (SSSR count). The second kappa shape index (κ2) is 9.56. The maximum atomic E-state index is 12.3. The highest BCUT2D eigenvalue weighted by Crippen LogP contribution is 2.27. The molecule has 2 aromatic carbocycles. The fourth-order valence-corrected chi connectivity index (χ4v) is 4.98. The summed E-state index contributed by atoms with van der Waals surface area (Å²) >= 11 is 7.22. The fourth-order valence-electron chi connectivity index (χ4n) is 2.73. The van der Waals surface area contributed by atoms with E-state index in [9.17, 15) is 13.2 Å². The summed E-state index contributed by atoms with van der Waals surface area (Å²) in [6.45, 7) is 2.16. The number of fused-ring (bicyclic) bond motifs is 1. The number of halogens is 1. The molecule has 1 heterocycles. The molecule has 0 unspecified atom stereocenters. The number of nitrogens with one attached hydrogen (secondary N) is 2. The number of hydrogen-bond acceptors (Lipinski definition) is 6. The van der Waals surface area contributed by atoms with Gasteiger partial charge in [0.2, 0.25) is 11.0 Å². The van der Waals surface area contributed by atoms with E-state index in [2.05, 4.69) is 34.9 Å². The van der Waals surface area contributed by atoms with Crippen LogP contribution in [0.2, 0.25) is 5.02 Å². The standard InChI is InChI=1S/C20H22ClN3O3S2/c1-2-3-4-14-5-10-17-18(13-14)28-20(22-17)24-23-19(25)11-12-29(26,27)16-8-6-15(21)7-9-16/h5-10,13H,2-4,11-12H2,1H3,(H,22,24)(H,23,25). The Kier molecular flexibility index (Phi) is 7.10. The lowest BCUT2D eigenvalue weighted by molar-refractivity contribution is -0.120. The van der Waals surface area contributed by atoms with E-state index in [0.717, 1.165) is 29.5 Å². The average Bonchev–Trinajstić information content (AvgIpc) is 3.11. The Bertz CT molecular complexity index is 1100. The predicted molar refractivity (Wildman–Crippen MR) is 118 cm³/mol. The number of amides is 1. The van der Waals surface area contributed by atoms with Gasteiger partial charge in [-0.15, -0.1) is 0 Å². The zero-order valence-electron chi connectivity index (χ0n) is 15.9. The van der Waals surface area contributed by atoms with Crippen LogP contribution in [0.5, 0.6) is 0 Å². The molecule has 1 aromatic heterocycles. The molecule has 0 saturated carbocycles. The number of carbonyl (C=O) groups is 1. The number of unbranched alkanes of at least 4 members (excludes halogenated alkanes) is 1. The fraction of sp³-hybridized carbons (Fsp3) is 0.300. The predicted octanol–water partition coefficient (Wildman–Crippen LogP) is 4.60. The Morgan fingerprint density at radius 2 is 1.93 bits per heavy atom. The minimum absolute atomic E-state index is 0.146. The van der Waals surface area contributed by atoms with Crippen LogP contribution in [0.15, 0.2) is 47.4 Å². The van der Waals surface area contributed by atoms with Gasteiger partial charge in [0.15, 0.2) is 9.84 Å². The van der Waals surface area contributed by atoms with E-state index in [4.69, 9.17) is 11.6 Å². The first-order valence-corrected chi connectivity index (χ1v) is 12.1. The van der Waals surface area contributed by atoms with Gasteiger partial charge in [-0.05, 0) is 54.8 Å². The molecule has 0 aliphatic rings. The van der Waals surface area contributed by atoms with Crippen LogP contribution in [-0.4, -0.2) is 25.1 Å². The van der Waals surface area contributed by atoms with Gasteiger partial charge in [-0.25, -0.2) is 13.4 Å². The van der Waals surface area contributed by atoms with Crippen molar-refractivity contribution in [3.05, 3.63) is 53.1 Å². The molecule has 6 nitrogen and oxygen atoms in total. The van der Waals surface area contributed by atoms with Gasteiger partial charge in [0, 0.05) is 11.4 Å². The minimum atomic E-state index is -3.55. The number of nitrogens with zero attached hydrogens (tertiary/aromatic N) is 1. The van der Waals surface area contributed by atoms with Gasteiger partial charge in [-0.1, -0.05) is 42.3 Å². The van der Waals surface area contributed by atoms with E-state index in [-0.39, 0.29) is 17.1 Å². The molecule has 0 spiro atoms. The molecular weight excluding hydrogens is 430 g/mol. The van der Waals surface area contributed by atoms with Crippen molar-refractivity contribution in [1.82, 2.24) is 10.4 Å². The van der Waals surface area contributed by atoms with Crippen molar-refractivity contribution >= 4 is 54.0 Å². The summed E-state index contributed by atoms with van der Waals surface area (Å²) in [7, 11) is -3.55. The minimum Gasteiger partial charge on any atom is -0.273 e. The quantitative estimate of drug-likeness (QED) is 0.464. The van der Waals surface area contributed by atoms with Crippen LogP contribution in [0, 0.1) is 0 Å². The lowest BCUT2D eigenvalue weighted by atomic mass is 10.1. The van der Waals surface area contributed by atoms with Gasteiger partial charge >= 0.3 is 0 Å². The number of rotatable bonds is 9. The van der Waals surface area contributed by atoms with Crippen LogP contribution in [0.1, 0.15) is 31.7 Å². The van der Waals surface area contributed by atoms with Gasteiger partial charge in [0.05, 0.1) is 20.9 Å². The Labute approximate surface area is 179 Å².